The largest absolute Gasteiger partial charge is 0.508 e. The van der Waals surface area contributed by atoms with Gasteiger partial charge in [-0.2, -0.15) is 0 Å². The van der Waals surface area contributed by atoms with E-state index in [4.69, 9.17) is 11.5 Å². The molecule has 3 aliphatic heterocycles. The number of hydrogen-bond acceptors (Lipinski definition) is 23. The van der Waals surface area contributed by atoms with Crippen molar-refractivity contribution in [3.63, 3.8) is 0 Å². The molecule has 466 valence electrons. The van der Waals surface area contributed by atoms with Crippen molar-refractivity contribution >= 4 is 142 Å². The van der Waals surface area contributed by atoms with Gasteiger partial charge in [-0.1, -0.05) is 83.8 Å². The van der Waals surface area contributed by atoms with Crippen LogP contribution < -0.4 is 70.0 Å². The molecule has 0 aromatic heterocycles. The van der Waals surface area contributed by atoms with Gasteiger partial charge in [0.25, 0.3) is 0 Å². The highest BCUT2D eigenvalue weighted by atomic mass is 33.1. The first-order valence-electron chi connectivity index (χ1n) is 26.2. The van der Waals surface area contributed by atoms with Crippen LogP contribution >= 0.6 is 64.8 Å². The topological polar surface area (TPSA) is 470 Å². The summed E-state index contributed by atoms with van der Waals surface area (Å²) in [7, 11) is 6.88. The first-order valence-corrected chi connectivity index (χ1v) is 33.7. The predicted octanol–water partition coefficient (Wildman–Crippen LogP) is -5.50. The molecular formula is C48H72N14O16S6. The summed E-state index contributed by atoms with van der Waals surface area (Å²) in [6.45, 7) is 3.49. The standard InChI is InChI=1S/C48H72N14O16S6/c1-5-52-27(13-24-8-10-25(64)11-9-24)41(70)59-31-19-83-84-21-33(48(77)78)55-36(66)15-53-46(75)37(23(3)63)61-44(73)32-20-82-81-17-29(40(69)51-4)58-39(68)26(49)16-79-80-18-30(60-43(31)72)42(71)56-28(14-35(50)65)47(76)62-12-6-7-34(62)45(74)54-22(2)38(67)57-32/h8-11,22-23,26-34,37,52,63-64H,5-7,12-21,49H2,1-4H3,(H2,50,65)(H,51,69)(H,53,75)(H,54,74)(H,55,66)(H,56,71)(H,57,67)(H,58,68)(H,59,70)(H,60,72)(H,61,73)(H,77,78)/t22-,23+,26-,27-,28-,29-,30-,31-,32-,33-,34-,37-/m0/s1. The Morgan fingerprint density at radius 2 is 1.32 bits per heavy atom. The zero-order valence-electron chi connectivity index (χ0n) is 46.1. The van der Waals surface area contributed by atoms with Crippen molar-refractivity contribution in [2.24, 2.45) is 11.5 Å². The summed E-state index contributed by atoms with van der Waals surface area (Å²) < 4.78 is 0. The normalized spacial score (nSPS) is 27.5. The van der Waals surface area contributed by atoms with E-state index in [1.807, 2.05) is 0 Å². The number of primary amides is 1. The molecular weight excluding hydrogens is 1220 g/mol. The summed E-state index contributed by atoms with van der Waals surface area (Å²) in [5.41, 5.74) is 12.5. The molecule has 1 aromatic rings. The van der Waals surface area contributed by atoms with Crippen LogP contribution in [0, 0.1) is 0 Å². The van der Waals surface area contributed by atoms with E-state index in [1.165, 1.54) is 26.1 Å². The fraction of sp³-hybridized carbons (Fsp3) is 0.604. The van der Waals surface area contributed by atoms with E-state index in [-0.39, 0.29) is 72.6 Å². The molecule has 12 atom stereocenters. The predicted molar refractivity (Wildman–Crippen MR) is 318 cm³/mol. The molecule has 12 amide bonds. The monoisotopic (exact) mass is 1290 g/mol. The van der Waals surface area contributed by atoms with Crippen molar-refractivity contribution in [2.75, 3.05) is 61.2 Å². The second-order valence-electron chi connectivity index (χ2n) is 19.2. The highest BCUT2D eigenvalue weighted by Crippen LogP contribution is 2.27. The van der Waals surface area contributed by atoms with Gasteiger partial charge >= 0.3 is 5.97 Å². The molecule has 0 aliphatic carbocycles. The van der Waals surface area contributed by atoms with Gasteiger partial charge in [0.05, 0.1) is 31.2 Å². The average molecular weight is 1290 g/mol. The lowest BCUT2D eigenvalue weighted by molar-refractivity contribution is -0.143. The van der Waals surface area contributed by atoms with Crippen LogP contribution in [0.4, 0.5) is 0 Å². The lowest BCUT2D eigenvalue weighted by Crippen LogP contribution is -2.61. The number of benzene rings is 1. The van der Waals surface area contributed by atoms with Gasteiger partial charge in [-0.3, -0.25) is 57.5 Å². The Morgan fingerprint density at radius 1 is 0.726 bits per heavy atom. The number of fused-ring (bicyclic) bond motifs is 9. The van der Waals surface area contributed by atoms with Crippen molar-refractivity contribution in [1.82, 2.24) is 63.4 Å². The molecule has 3 fully saturated rings. The quantitative estimate of drug-likeness (QED) is 0.0919. The van der Waals surface area contributed by atoms with Crippen molar-refractivity contribution in [3.05, 3.63) is 29.8 Å². The average Bonchev–Trinajstić information content (AvgIpc) is 3.89. The molecule has 4 rings (SSSR count). The first kappa shape index (κ1) is 70.6. The molecule has 3 aliphatic rings. The van der Waals surface area contributed by atoms with Crippen LogP contribution in [0.2, 0.25) is 0 Å². The number of nitrogens with two attached hydrogens (primary N) is 2. The lowest BCUT2D eigenvalue weighted by Gasteiger charge is -2.30. The van der Waals surface area contributed by atoms with Crippen LogP contribution in [-0.2, 0) is 68.7 Å². The van der Waals surface area contributed by atoms with Crippen molar-refractivity contribution in [2.45, 2.75) is 119 Å². The van der Waals surface area contributed by atoms with E-state index in [2.05, 4.69) is 58.5 Å². The second-order valence-corrected chi connectivity index (χ2v) is 26.9. The number of carbonyl (C=O) groups excluding carboxylic acids is 12. The Bertz CT molecular complexity index is 2550. The summed E-state index contributed by atoms with van der Waals surface area (Å²) in [5, 5.41) is 58.4. The number of aliphatic carboxylic acids is 1. The van der Waals surface area contributed by atoms with Gasteiger partial charge in [-0.05, 0) is 57.4 Å². The number of carbonyl (C=O) groups is 13. The molecule has 2 bridgehead atoms. The van der Waals surface area contributed by atoms with E-state index < -0.39 is 162 Å². The summed E-state index contributed by atoms with van der Waals surface area (Å²) in [6, 6.07) is -10.0. The Hall–Kier alpha value is -5.89. The second kappa shape index (κ2) is 35.5. The smallest absolute Gasteiger partial charge is 0.327 e. The zero-order valence-corrected chi connectivity index (χ0v) is 51.0. The molecule has 3 saturated heterocycles. The van der Waals surface area contributed by atoms with Gasteiger partial charge < -0.3 is 90.2 Å². The molecule has 0 saturated carbocycles. The van der Waals surface area contributed by atoms with Crippen LogP contribution in [0.3, 0.4) is 0 Å². The van der Waals surface area contributed by atoms with Gasteiger partial charge in [0.2, 0.25) is 70.9 Å². The number of nitrogens with zero attached hydrogens (tertiary/aromatic N) is 1. The number of aromatic hydroxyl groups is 1. The van der Waals surface area contributed by atoms with E-state index >= 15 is 0 Å². The number of carboxylic acid groups (broad SMARTS) is 1. The van der Waals surface area contributed by atoms with Crippen molar-refractivity contribution in [3.8, 4) is 5.75 Å². The molecule has 0 spiro atoms. The van der Waals surface area contributed by atoms with Crippen LogP contribution in [-0.4, -0.2) is 231 Å². The van der Waals surface area contributed by atoms with Crippen LogP contribution in [0.5, 0.6) is 5.75 Å². The number of rotatable bonds is 11. The van der Waals surface area contributed by atoms with Crippen LogP contribution in [0.1, 0.15) is 45.6 Å². The maximum Gasteiger partial charge on any atom is 0.327 e. The number of nitrogens with one attached hydrogen (secondary N) is 11. The highest BCUT2D eigenvalue weighted by molar-refractivity contribution is 8.77. The molecule has 1 aromatic carbocycles. The number of phenolic OH excluding ortho intramolecular Hbond substituents is 1. The van der Waals surface area contributed by atoms with Crippen LogP contribution in [0.15, 0.2) is 24.3 Å². The van der Waals surface area contributed by atoms with Gasteiger partial charge in [0.15, 0.2) is 0 Å². The summed E-state index contributed by atoms with van der Waals surface area (Å²) in [4.78, 5) is 179. The number of hydrogen-bond donors (Lipinski definition) is 16. The van der Waals surface area contributed by atoms with E-state index in [1.54, 1.807) is 19.1 Å². The summed E-state index contributed by atoms with van der Waals surface area (Å²) in [5.74, 6) is -14.3. The molecule has 84 heavy (non-hydrogen) atoms. The number of likely N-dealkylation sites (N-methyl/N-ethyl adjacent to an activating group) is 2. The number of amides is 12. The fourth-order valence-electron chi connectivity index (χ4n) is 8.08. The maximum atomic E-state index is 14.6. The van der Waals surface area contributed by atoms with Gasteiger partial charge in [0.1, 0.15) is 60.1 Å². The fourth-order valence-corrected chi connectivity index (χ4v) is 15.0. The minimum Gasteiger partial charge on any atom is -0.508 e. The van der Waals surface area contributed by atoms with Gasteiger partial charge in [0, 0.05) is 48.1 Å². The van der Waals surface area contributed by atoms with Crippen molar-refractivity contribution < 1.29 is 77.6 Å². The van der Waals surface area contributed by atoms with Gasteiger partial charge in [-0.25, -0.2) is 4.79 Å². The number of phenols is 1. The highest BCUT2D eigenvalue weighted by Gasteiger charge is 2.41. The number of aliphatic hydroxyl groups excluding tert-OH is 1. The third-order valence-corrected chi connectivity index (χ3v) is 20.0. The molecule has 0 unspecified atom stereocenters. The van der Waals surface area contributed by atoms with Crippen LogP contribution in [0.25, 0.3) is 0 Å². The Balaban J connectivity index is 1.86. The minimum atomic E-state index is -1.79. The lowest BCUT2D eigenvalue weighted by atomic mass is 10.0. The Kier molecular flexibility index (Phi) is 29.9. The summed E-state index contributed by atoms with van der Waals surface area (Å²) >= 11 is 0. The summed E-state index contributed by atoms with van der Waals surface area (Å²) in [6.07, 6.45) is -2.07. The molecule has 3 heterocycles. The third-order valence-electron chi connectivity index (χ3n) is 12.7. The Labute approximate surface area is 507 Å². The molecule has 18 N–H and O–H groups in total. The molecule has 0 radical (unpaired) electrons. The van der Waals surface area contributed by atoms with Crippen molar-refractivity contribution in [1.29, 1.82) is 0 Å². The molecule has 36 heteroatoms. The zero-order chi connectivity index (χ0) is 62.2. The van der Waals surface area contributed by atoms with E-state index in [9.17, 15) is 77.6 Å². The first-order chi connectivity index (χ1) is 39.8. The van der Waals surface area contributed by atoms with E-state index in [0.717, 1.165) is 76.6 Å². The maximum absolute atomic E-state index is 14.6. The number of carboxylic acids is 1. The SMILES string of the molecule is CCN[C@@H](Cc1ccc(O)cc1)C(=O)N[C@H]1CSSC[C@@H](C(=O)O)NC(=O)CNC(=O)[C@H]([C@@H](C)O)NC(=O)[C@@H]2CSSC[C@@H](C(=O)NC)NC(=O)[C@@H](N)CSSC[C@H](NC1=O)C(=O)N[C@@H](CC(N)=O)C(=O)N1CCC[C@H]1C(=O)N[C@@H](C)C(=O)N2. The minimum absolute atomic E-state index is 0.0265. The Morgan fingerprint density at radius 3 is 1.93 bits per heavy atom. The number of aliphatic hydroxyl groups is 1. The van der Waals surface area contributed by atoms with Gasteiger partial charge in [-0.15, -0.1) is 0 Å². The third kappa shape index (κ3) is 22.8. The van der Waals surface area contributed by atoms with E-state index in [0.29, 0.717) is 5.56 Å². The molecule has 30 nitrogen and oxygen atoms in total.